The zero-order chi connectivity index (χ0) is 11.7. The van der Waals surface area contributed by atoms with Crippen LogP contribution in [0.3, 0.4) is 0 Å². The molecule has 86 valence electrons. The second-order valence-corrected chi connectivity index (χ2v) is 4.30. The number of carbonyl (C=O) groups excluding carboxylic acids is 2. The lowest BCUT2D eigenvalue weighted by molar-refractivity contribution is 0.193. The van der Waals surface area contributed by atoms with E-state index < -0.39 is 11.4 Å². The highest BCUT2D eigenvalue weighted by atomic mass is 79.9. The Hall–Kier alpha value is -1.08. The molecule has 0 saturated carbocycles. The van der Waals surface area contributed by atoms with Crippen molar-refractivity contribution in [2.24, 2.45) is 5.10 Å². The third-order valence-electron chi connectivity index (χ3n) is 2.04. The van der Waals surface area contributed by atoms with Gasteiger partial charge in [0, 0.05) is 6.08 Å². The van der Waals surface area contributed by atoms with E-state index in [2.05, 4.69) is 21.0 Å². The van der Waals surface area contributed by atoms with Crippen LogP contribution >= 0.6 is 27.5 Å². The lowest BCUT2D eigenvalue weighted by atomic mass is 10.6. The first-order chi connectivity index (χ1) is 7.58. The van der Waals surface area contributed by atoms with Crippen molar-refractivity contribution in [3.63, 3.8) is 0 Å². The minimum Gasteiger partial charge on any atom is -0.457 e. The molecule has 1 unspecified atom stereocenters. The van der Waals surface area contributed by atoms with Gasteiger partial charge in [0.15, 0.2) is 5.01 Å². The van der Waals surface area contributed by atoms with Gasteiger partial charge < -0.3 is 4.74 Å². The maximum absolute atomic E-state index is 11.6. The van der Waals surface area contributed by atoms with Gasteiger partial charge in [0.05, 0.1) is 13.1 Å². The molecule has 2 aliphatic rings. The number of nitrogens with zero attached hydrogens (tertiary/aromatic N) is 3. The summed E-state index contributed by atoms with van der Waals surface area (Å²) in [4.78, 5) is 23.3. The summed E-state index contributed by atoms with van der Waals surface area (Å²) in [6.07, 6.45) is 3.38. The third-order valence-corrected chi connectivity index (χ3v) is 2.74. The van der Waals surface area contributed by atoms with Gasteiger partial charge in [-0.15, -0.1) is 5.10 Å². The van der Waals surface area contributed by atoms with Gasteiger partial charge >= 0.3 is 11.4 Å². The van der Waals surface area contributed by atoms with Gasteiger partial charge in [-0.1, -0.05) is 0 Å². The van der Waals surface area contributed by atoms with Gasteiger partial charge in [-0.25, -0.2) is 14.7 Å². The first-order valence-electron chi connectivity index (χ1n) is 4.44. The highest BCUT2D eigenvalue weighted by Crippen LogP contribution is 2.16. The molecule has 2 aliphatic heterocycles. The lowest BCUT2D eigenvalue weighted by Gasteiger charge is -2.11. The van der Waals surface area contributed by atoms with Crippen LogP contribution in [0.25, 0.3) is 0 Å². The van der Waals surface area contributed by atoms with Crippen molar-refractivity contribution in [2.45, 2.75) is 5.01 Å². The number of hydrogen-bond acceptors (Lipinski definition) is 4. The maximum atomic E-state index is 11.6. The van der Waals surface area contributed by atoms with Crippen molar-refractivity contribution in [1.29, 1.82) is 0 Å². The number of hydrogen-bond donors (Lipinski definition) is 0. The van der Waals surface area contributed by atoms with Gasteiger partial charge in [-0.3, -0.25) is 4.79 Å². The van der Waals surface area contributed by atoms with Crippen molar-refractivity contribution in [1.82, 2.24) is 9.91 Å². The van der Waals surface area contributed by atoms with Crippen LogP contribution in [0.4, 0.5) is 9.59 Å². The molecule has 1 fully saturated rings. The number of alkyl halides is 1. The molecule has 2 heterocycles. The SMILES string of the molecule is O=C(Cl)N1CCN(N=C2C=CC(Br)O2)C1=O. The van der Waals surface area contributed by atoms with Crippen LogP contribution in [0.2, 0.25) is 0 Å². The van der Waals surface area contributed by atoms with E-state index in [1.807, 2.05) is 0 Å². The van der Waals surface area contributed by atoms with Crippen LogP contribution < -0.4 is 0 Å². The van der Waals surface area contributed by atoms with Crippen LogP contribution in [0.15, 0.2) is 17.3 Å². The molecule has 0 radical (unpaired) electrons. The minimum atomic E-state index is -0.797. The van der Waals surface area contributed by atoms with E-state index >= 15 is 0 Å². The van der Waals surface area contributed by atoms with Gasteiger partial charge in [-0.2, -0.15) is 0 Å². The Balaban J connectivity index is 2.06. The quantitative estimate of drug-likeness (QED) is 0.421. The van der Waals surface area contributed by atoms with Gasteiger partial charge in [0.2, 0.25) is 5.90 Å². The smallest absolute Gasteiger partial charge is 0.348 e. The average Bonchev–Trinajstić information content (AvgIpc) is 2.76. The average molecular weight is 309 g/mol. The summed E-state index contributed by atoms with van der Waals surface area (Å²) >= 11 is 8.42. The Kier molecular flexibility index (Phi) is 3.15. The molecule has 3 amide bonds. The van der Waals surface area contributed by atoms with Crippen molar-refractivity contribution < 1.29 is 14.3 Å². The predicted octanol–water partition coefficient (Wildman–Crippen LogP) is 1.70. The van der Waals surface area contributed by atoms with Crippen LogP contribution in [-0.4, -0.2) is 45.3 Å². The fraction of sp³-hybridized carbons (Fsp3) is 0.375. The molecule has 2 rings (SSSR count). The Bertz CT molecular complexity index is 398. The summed E-state index contributed by atoms with van der Waals surface area (Å²) in [5.74, 6) is 0.319. The summed E-state index contributed by atoms with van der Waals surface area (Å²) in [5, 5.41) is 4.07. The van der Waals surface area contributed by atoms with Crippen LogP contribution in [0.1, 0.15) is 0 Å². The van der Waals surface area contributed by atoms with Crippen molar-refractivity contribution in [3.8, 4) is 0 Å². The monoisotopic (exact) mass is 307 g/mol. The molecule has 0 aromatic rings. The van der Waals surface area contributed by atoms with E-state index in [4.69, 9.17) is 16.3 Å². The molecular weight excluding hydrogens is 301 g/mol. The van der Waals surface area contributed by atoms with Crippen molar-refractivity contribution >= 4 is 44.8 Å². The van der Waals surface area contributed by atoms with Crippen molar-refractivity contribution in [2.75, 3.05) is 13.1 Å². The predicted molar refractivity (Wildman–Crippen MR) is 60.4 cm³/mol. The first-order valence-corrected chi connectivity index (χ1v) is 5.73. The number of ether oxygens (including phenoxy) is 1. The zero-order valence-electron chi connectivity index (χ0n) is 7.97. The van der Waals surface area contributed by atoms with E-state index in [0.29, 0.717) is 12.4 Å². The Morgan fingerprint density at radius 2 is 2.38 bits per heavy atom. The molecule has 0 bridgehead atoms. The van der Waals surface area contributed by atoms with E-state index in [-0.39, 0.29) is 11.6 Å². The van der Waals surface area contributed by atoms with E-state index in [0.717, 1.165) is 9.91 Å². The van der Waals surface area contributed by atoms with Crippen molar-refractivity contribution in [3.05, 3.63) is 12.2 Å². The summed E-state index contributed by atoms with van der Waals surface area (Å²) in [6.45, 7) is 0.546. The van der Waals surface area contributed by atoms with Crippen LogP contribution in [-0.2, 0) is 4.74 Å². The second kappa shape index (κ2) is 4.42. The number of hydrazone groups is 1. The zero-order valence-corrected chi connectivity index (χ0v) is 10.3. The number of amides is 3. The molecule has 1 saturated heterocycles. The number of rotatable bonds is 1. The molecule has 0 N–H and O–H groups in total. The number of imide groups is 1. The maximum Gasteiger partial charge on any atom is 0.348 e. The van der Waals surface area contributed by atoms with E-state index in [1.165, 1.54) is 0 Å². The largest absolute Gasteiger partial charge is 0.457 e. The Labute approximate surface area is 105 Å². The molecule has 16 heavy (non-hydrogen) atoms. The summed E-state index contributed by atoms with van der Waals surface area (Å²) < 4.78 is 5.19. The normalized spacial score (nSPS) is 26.8. The molecule has 0 aliphatic carbocycles. The Morgan fingerprint density at radius 1 is 1.62 bits per heavy atom. The molecule has 1 atom stereocenters. The first kappa shape index (κ1) is 11.4. The van der Waals surface area contributed by atoms with Crippen LogP contribution in [0, 0.1) is 0 Å². The molecule has 0 spiro atoms. The fourth-order valence-corrected chi connectivity index (χ4v) is 1.81. The second-order valence-electron chi connectivity index (χ2n) is 3.08. The summed E-state index contributed by atoms with van der Waals surface area (Å²) in [6, 6.07) is -0.539. The fourth-order valence-electron chi connectivity index (χ4n) is 1.31. The number of urea groups is 1. The molecular formula is C8H7BrClN3O3. The topological polar surface area (TPSA) is 62.2 Å². The lowest BCUT2D eigenvalue weighted by Crippen LogP contribution is -2.31. The summed E-state index contributed by atoms with van der Waals surface area (Å²) in [5.41, 5.74) is 0. The highest BCUT2D eigenvalue weighted by Gasteiger charge is 2.33. The minimum absolute atomic E-state index is 0.227. The standard InChI is InChI=1S/C8H7BrClN3O3/c9-5-1-2-6(16-5)11-13-4-3-12(7(10)14)8(13)15/h1-2,5H,3-4H2. The van der Waals surface area contributed by atoms with Crippen LogP contribution in [0.5, 0.6) is 0 Å². The molecule has 6 nitrogen and oxygen atoms in total. The van der Waals surface area contributed by atoms with E-state index in [1.54, 1.807) is 12.2 Å². The molecule has 0 aromatic heterocycles. The number of halogens is 2. The third kappa shape index (κ3) is 2.19. The highest BCUT2D eigenvalue weighted by molar-refractivity contribution is 9.09. The molecule has 0 aromatic carbocycles. The summed E-state index contributed by atoms with van der Waals surface area (Å²) in [7, 11) is 0. The van der Waals surface area contributed by atoms with Gasteiger partial charge in [0.1, 0.15) is 0 Å². The molecule has 8 heteroatoms. The van der Waals surface area contributed by atoms with Gasteiger partial charge in [-0.05, 0) is 33.6 Å². The van der Waals surface area contributed by atoms with Gasteiger partial charge in [0.25, 0.3) is 0 Å². The Morgan fingerprint density at radius 3 is 2.88 bits per heavy atom. The van der Waals surface area contributed by atoms with E-state index in [9.17, 15) is 9.59 Å². The number of carbonyl (C=O) groups is 2.